The molecule has 5 nitrogen and oxygen atoms in total. The Morgan fingerprint density at radius 3 is 2.13 bits per heavy atom. The average Bonchev–Trinajstić information content (AvgIpc) is 2.45. The predicted octanol–water partition coefficient (Wildman–Crippen LogP) is 3.39. The van der Waals surface area contributed by atoms with Crippen LogP contribution >= 0.6 is 34.8 Å². The van der Waals surface area contributed by atoms with Crippen LogP contribution in [0.4, 0.5) is 5.69 Å². The maximum Gasteiger partial charge on any atom is 0.238 e. The summed E-state index contributed by atoms with van der Waals surface area (Å²) in [5.41, 5.74) is 0.384. The minimum absolute atomic E-state index is 0.0159. The van der Waals surface area contributed by atoms with Gasteiger partial charge in [0.05, 0.1) is 33.8 Å². The second-order valence-electron chi connectivity index (χ2n) is 5.03. The van der Waals surface area contributed by atoms with Crippen LogP contribution in [0, 0.1) is 0 Å². The number of carbonyl (C=O) groups excluding carboxylic acids is 2. The van der Waals surface area contributed by atoms with E-state index in [-0.39, 0.29) is 24.9 Å². The van der Waals surface area contributed by atoms with E-state index in [4.69, 9.17) is 34.8 Å². The molecule has 1 rings (SSSR count). The van der Waals surface area contributed by atoms with Gasteiger partial charge in [-0.2, -0.15) is 0 Å². The summed E-state index contributed by atoms with van der Waals surface area (Å²) in [6, 6.07) is 2.96. The fraction of sp³-hybridized carbons (Fsp3) is 0.467. The number of halogens is 3. The van der Waals surface area contributed by atoms with Crippen LogP contribution in [0.1, 0.15) is 13.8 Å². The van der Waals surface area contributed by atoms with E-state index in [1.165, 1.54) is 12.1 Å². The number of hydrogen-bond donors (Lipinski definition) is 1. The van der Waals surface area contributed by atoms with Crippen LogP contribution in [0.25, 0.3) is 0 Å². The van der Waals surface area contributed by atoms with Crippen molar-refractivity contribution in [3.63, 3.8) is 0 Å². The largest absolute Gasteiger partial charge is 0.342 e. The molecule has 0 aliphatic carbocycles. The van der Waals surface area contributed by atoms with Gasteiger partial charge in [-0.1, -0.05) is 34.8 Å². The summed E-state index contributed by atoms with van der Waals surface area (Å²) in [5.74, 6) is -0.307. The summed E-state index contributed by atoms with van der Waals surface area (Å²) < 4.78 is 0. The molecule has 1 N–H and O–H groups in total. The van der Waals surface area contributed by atoms with Crippen LogP contribution in [0.5, 0.6) is 0 Å². The van der Waals surface area contributed by atoms with Crippen molar-refractivity contribution in [2.24, 2.45) is 0 Å². The lowest BCUT2D eigenvalue weighted by atomic mass is 10.3. The van der Waals surface area contributed by atoms with Gasteiger partial charge in [0.25, 0.3) is 0 Å². The molecule has 0 fully saturated rings. The molecule has 2 amide bonds. The molecule has 0 saturated carbocycles. The van der Waals surface area contributed by atoms with E-state index < -0.39 is 0 Å². The number of rotatable bonds is 7. The summed E-state index contributed by atoms with van der Waals surface area (Å²) in [4.78, 5) is 27.4. The monoisotopic (exact) mass is 379 g/mol. The molecule has 23 heavy (non-hydrogen) atoms. The van der Waals surface area contributed by atoms with Gasteiger partial charge >= 0.3 is 0 Å². The third-order valence-corrected chi connectivity index (χ3v) is 4.25. The Morgan fingerprint density at radius 2 is 1.57 bits per heavy atom. The van der Waals surface area contributed by atoms with Crippen molar-refractivity contribution in [3.05, 3.63) is 27.2 Å². The number of benzene rings is 1. The van der Waals surface area contributed by atoms with E-state index in [9.17, 15) is 9.59 Å². The molecule has 0 aromatic heterocycles. The van der Waals surface area contributed by atoms with Crippen molar-refractivity contribution in [1.82, 2.24) is 9.80 Å². The highest BCUT2D eigenvalue weighted by molar-refractivity contribution is 6.44. The number of likely N-dealkylation sites (N-methyl/N-ethyl adjacent to an activating group) is 2. The van der Waals surface area contributed by atoms with Gasteiger partial charge in [-0.15, -0.1) is 0 Å². The summed E-state index contributed by atoms with van der Waals surface area (Å²) >= 11 is 17.8. The molecule has 1 aromatic carbocycles. The zero-order valence-corrected chi connectivity index (χ0v) is 15.6. The molecular weight excluding hydrogens is 361 g/mol. The highest BCUT2D eigenvalue weighted by Gasteiger charge is 2.15. The van der Waals surface area contributed by atoms with Crippen LogP contribution in [0.2, 0.25) is 15.1 Å². The average molecular weight is 381 g/mol. The smallest absolute Gasteiger partial charge is 0.238 e. The van der Waals surface area contributed by atoms with Crippen LogP contribution in [-0.4, -0.2) is 54.8 Å². The minimum Gasteiger partial charge on any atom is -0.342 e. The summed E-state index contributed by atoms with van der Waals surface area (Å²) in [5, 5.41) is 3.58. The second kappa shape index (κ2) is 9.33. The quantitative estimate of drug-likeness (QED) is 0.738. The lowest BCUT2D eigenvalue weighted by Gasteiger charge is -2.22. The molecule has 0 bridgehead atoms. The zero-order valence-electron chi connectivity index (χ0n) is 13.3. The van der Waals surface area contributed by atoms with Crippen molar-refractivity contribution in [2.75, 3.05) is 38.5 Å². The summed E-state index contributed by atoms with van der Waals surface area (Å²) in [6.45, 7) is 5.36. The van der Waals surface area contributed by atoms with Gasteiger partial charge in [-0.05, 0) is 33.0 Å². The molecule has 0 heterocycles. The number of nitrogens with zero attached hydrogens (tertiary/aromatic N) is 2. The predicted molar refractivity (Wildman–Crippen MR) is 95.5 cm³/mol. The molecule has 0 radical (unpaired) electrons. The van der Waals surface area contributed by atoms with Gasteiger partial charge in [-0.3, -0.25) is 14.5 Å². The topological polar surface area (TPSA) is 52.7 Å². The highest BCUT2D eigenvalue weighted by Crippen LogP contribution is 2.32. The fourth-order valence-electron chi connectivity index (χ4n) is 2.02. The summed E-state index contributed by atoms with van der Waals surface area (Å²) in [6.07, 6.45) is 0. The van der Waals surface area contributed by atoms with Crippen LogP contribution < -0.4 is 5.32 Å². The number of anilines is 1. The van der Waals surface area contributed by atoms with Crippen LogP contribution in [0.3, 0.4) is 0 Å². The van der Waals surface area contributed by atoms with E-state index in [1.54, 1.807) is 16.8 Å². The third-order valence-electron chi connectivity index (χ3n) is 3.22. The first kappa shape index (κ1) is 20.0. The molecule has 0 unspecified atom stereocenters. The Balaban J connectivity index is 2.60. The maximum atomic E-state index is 12.0. The Kier molecular flexibility index (Phi) is 8.12. The Bertz CT molecular complexity index is 577. The van der Waals surface area contributed by atoms with Gasteiger partial charge in [0.2, 0.25) is 11.8 Å². The molecule has 0 aliphatic rings. The fourth-order valence-corrected chi connectivity index (χ4v) is 2.61. The molecule has 0 aliphatic heterocycles. The van der Waals surface area contributed by atoms with Gasteiger partial charge in [0.1, 0.15) is 0 Å². The van der Waals surface area contributed by atoms with E-state index in [0.29, 0.717) is 33.8 Å². The third kappa shape index (κ3) is 6.18. The van der Waals surface area contributed by atoms with Gasteiger partial charge in [0, 0.05) is 13.1 Å². The SMILES string of the molecule is CCN(CC)C(=O)CN(C)CC(=O)Nc1cc(Cl)c(Cl)cc1Cl. The summed E-state index contributed by atoms with van der Waals surface area (Å²) in [7, 11) is 1.71. The van der Waals surface area contributed by atoms with Gasteiger partial charge in [-0.25, -0.2) is 0 Å². The lowest BCUT2D eigenvalue weighted by Crippen LogP contribution is -2.41. The molecule has 0 atom stereocenters. The number of hydrogen-bond acceptors (Lipinski definition) is 3. The van der Waals surface area contributed by atoms with E-state index in [2.05, 4.69) is 5.32 Å². The Morgan fingerprint density at radius 1 is 1.00 bits per heavy atom. The number of carbonyl (C=O) groups is 2. The normalized spacial score (nSPS) is 10.7. The van der Waals surface area contributed by atoms with E-state index >= 15 is 0 Å². The minimum atomic E-state index is -0.292. The van der Waals surface area contributed by atoms with Crippen molar-refractivity contribution < 1.29 is 9.59 Å². The maximum absolute atomic E-state index is 12.0. The second-order valence-corrected chi connectivity index (χ2v) is 6.25. The standard InChI is InChI=1S/C15H20Cl3N3O2/c1-4-21(5-2)15(23)9-20(3)8-14(22)19-13-7-11(17)10(16)6-12(13)18/h6-7H,4-5,8-9H2,1-3H3,(H,19,22). The lowest BCUT2D eigenvalue weighted by molar-refractivity contribution is -0.132. The molecular formula is C15H20Cl3N3O2. The van der Waals surface area contributed by atoms with Crippen molar-refractivity contribution >= 4 is 52.3 Å². The number of amides is 2. The highest BCUT2D eigenvalue weighted by atomic mass is 35.5. The molecule has 1 aromatic rings. The Hall–Kier alpha value is -1.01. The zero-order chi connectivity index (χ0) is 17.6. The van der Waals surface area contributed by atoms with Crippen molar-refractivity contribution in [1.29, 1.82) is 0 Å². The van der Waals surface area contributed by atoms with E-state index in [0.717, 1.165) is 0 Å². The molecule has 128 valence electrons. The number of nitrogens with one attached hydrogen (secondary N) is 1. The van der Waals surface area contributed by atoms with E-state index in [1.807, 2.05) is 13.8 Å². The first-order valence-electron chi connectivity index (χ1n) is 7.19. The molecule has 0 spiro atoms. The van der Waals surface area contributed by atoms with Crippen molar-refractivity contribution in [2.45, 2.75) is 13.8 Å². The molecule has 8 heteroatoms. The van der Waals surface area contributed by atoms with Gasteiger partial charge < -0.3 is 10.2 Å². The first-order valence-corrected chi connectivity index (χ1v) is 8.32. The van der Waals surface area contributed by atoms with Crippen molar-refractivity contribution in [3.8, 4) is 0 Å². The van der Waals surface area contributed by atoms with Crippen LogP contribution in [0.15, 0.2) is 12.1 Å². The van der Waals surface area contributed by atoms with Gasteiger partial charge in [0.15, 0.2) is 0 Å². The molecule has 0 saturated heterocycles. The van der Waals surface area contributed by atoms with Crippen LogP contribution in [-0.2, 0) is 9.59 Å². The first-order chi connectivity index (χ1) is 10.8. The Labute approximate surface area is 151 Å².